The van der Waals surface area contributed by atoms with E-state index in [9.17, 15) is 0 Å². The molecule has 0 fully saturated rings. The first kappa shape index (κ1) is 15.6. The monoisotopic (exact) mass is 228 g/mol. The van der Waals surface area contributed by atoms with Gasteiger partial charge in [0, 0.05) is 25.7 Å². The summed E-state index contributed by atoms with van der Waals surface area (Å²) in [7, 11) is 0. The van der Waals surface area contributed by atoms with Crippen molar-refractivity contribution in [3.63, 3.8) is 0 Å². The summed E-state index contributed by atoms with van der Waals surface area (Å²) in [4.78, 5) is 2.27. The third kappa shape index (κ3) is 8.89. The van der Waals surface area contributed by atoms with Crippen LogP contribution < -0.4 is 5.32 Å². The molecule has 0 aliphatic rings. The van der Waals surface area contributed by atoms with Gasteiger partial charge in [-0.25, -0.2) is 0 Å². The number of unbranched alkanes of at least 4 members (excludes halogenated alkanes) is 1. The van der Waals surface area contributed by atoms with Crippen molar-refractivity contribution in [2.75, 3.05) is 32.8 Å². The Bertz CT molecular complexity index is 181. The maximum Gasteiger partial charge on any atom is 0.0558 e. The molecule has 0 unspecified atom stereocenters. The molecule has 0 amide bonds. The second-order valence-electron chi connectivity index (χ2n) is 4.64. The van der Waals surface area contributed by atoms with E-state index < -0.39 is 0 Å². The summed E-state index contributed by atoms with van der Waals surface area (Å²) in [5, 5.41) is 12.3. The summed E-state index contributed by atoms with van der Waals surface area (Å²) in [5.41, 5.74) is 1.19. The van der Waals surface area contributed by atoms with E-state index in [-0.39, 0.29) is 6.61 Å². The molecular weight excluding hydrogens is 200 g/mol. The van der Waals surface area contributed by atoms with Crippen molar-refractivity contribution >= 4 is 0 Å². The van der Waals surface area contributed by atoms with Crippen LogP contribution in [0.1, 0.15) is 33.6 Å². The zero-order valence-corrected chi connectivity index (χ0v) is 11.1. The summed E-state index contributed by atoms with van der Waals surface area (Å²) in [6.45, 7) is 14.3. The van der Waals surface area contributed by atoms with E-state index >= 15 is 0 Å². The number of aliphatic hydroxyl groups is 1. The molecule has 0 heterocycles. The molecule has 3 heteroatoms. The van der Waals surface area contributed by atoms with Gasteiger partial charge in [-0.2, -0.15) is 0 Å². The number of hydrogen-bond acceptors (Lipinski definition) is 3. The Balaban J connectivity index is 3.82. The second-order valence-corrected chi connectivity index (χ2v) is 4.64. The molecule has 0 aliphatic carbocycles. The molecule has 0 aromatic carbocycles. The standard InChI is InChI=1S/C13H28N2O/c1-5-6-7-15(8-9-16)11-13(4)10-14-12(2)3/h12,14,16H,4-11H2,1-3H3. The Labute approximate surface area is 101 Å². The van der Waals surface area contributed by atoms with Crippen molar-refractivity contribution < 1.29 is 5.11 Å². The van der Waals surface area contributed by atoms with Gasteiger partial charge in [-0.3, -0.25) is 4.90 Å². The third-order valence-electron chi connectivity index (χ3n) is 2.45. The minimum atomic E-state index is 0.231. The highest BCUT2D eigenvalue weighted by molar-refractivity contribution is 5.00. The first-order chi connectivity index (χ1) is 7.60. The largest absolute Gasteiger partial charge is 0.395 e. The normalized spacial score (nSPS) is 11.4. The average molecular weight is 228 g/mol. The first-order valence-electron chi connectivity index (χ1n) is 6.33. The van der Waals surface area contributed by atoms with E-state index in [2.05, 4.69) is 37.6 Å². The summed E-state index contributed by atoms with van der Waals surface area (Å²) in [5.74, 6) is 0. The Morgan fingerprint density at radius 1 is 1.38 bits per heavy atom. The maximum absolute atomic E-state index is 8.98. The van der Waals surface area contributed by atoms with Crippen LogP contribution in [-0.2, 0) is 0 Å². The first-order valence-corrected chi connectivity index (χ1v) is 6.33. The summed E-state index contributed by atoms with van der Waals surface area (Å²) in [6, 6.07) is 0.499. The predicted molar refractivity (Wildman–Crippen MR) is 70.7 cm³/mol. The van der Waals surface area contributed by atoms with Gasteiger partial charge >= 0.3 is 0 Å². The molecule has 0 saturated carbocycles. The molecule has 0 saturated heterocycles. The molecule has 96 valence electrons. The van der Waals surface area contributed by atoms with E-state index in [0.717, 1.165) is 26.2 Å². The molecule has 0 rings (SSSR count). The molecule has 0 aliphatic heterocycles. The van der Waals surface area contributed by atoms with E-state index in [1.165, 1.54) is 18.4 Å². The van der Waals surface area contributed by atoms with Crippen LogP contribution in [-0.4, -0.2) is 48.8 Å². The molecule has 3 nitrogen and oxygen atoms in total. The van der Waals surface area contributed by atoms with Crippen molar-refractivity contribution in [1.29, 1.82) is 0 Å². The highest BCUT2D eigenvalue weighted by Crippen LogP contribution is 1.99. The summed E-state index contributed by atoms with van der Waals surface area (Å²) < 4.78 is 0. The van der Waals surface area contributed by atoms with E-state index in [0.29, 0.717) is 6.04 Å². The lowest BCUT2D eigenvalue weighted by Crippen LogP contribution is -2.33. The van der Waals surface area contributed by atoms with Crippen molar-refractivity contribution in [1.82, 2.24) is 10.2 Å². The average Bonchev–Trinajstić information content (AvgIpc) is 2.23. The zero-order chi connectivity index (χ0) is 12.4. The van der Waals surface area contributed by atoms with Crippen LogP contribution in [0.4, 0.5) is 0 Å². The molecule has 2 N–H and O–H groups in total. The number of aliphatic hydroxyl groups excluding tert-OH is 1. The fraction of sp³-hybridized carbons (Fsp3) is 0.846. The van der Waals surface area contributed by atoms with E-state index in [1.807, 2.05) is 0 Å². The van der Waals surface area contributed by atoms with Gasteiger partial charge in [0.1, 0.15) is 0 Å². The minimum absolute atomic E-state index is 0.231. The highest BCUT2D eigenvalue weighted by Gasteiger charge is 2.05. The van der Waals surface area contributed by atoms with Gasteiger partial charge in [-0.15, -0.1) is 0 Å². The summed E-state index contributed by atoms with van der Waals surface area (Å²) in [6.07, 6.45) is 2.38. The number of hydrogen-bond donors (Lipinski definition) is 2. The molecule has 16 heavy (non-hydrogen) atoms. The van der Waals surface area contributed by atoms with Gasteiger partial charge in [-0.1, -0.05) is 33.8 Å². The molecule has 0 spiro atoms. The SMILES string of the molecule is C=C(CNC(C)C)CN(CCO)CCCC. The molecule has 0 aromatic heterocycles. The number of rotatable bonds is 10. The van der Waals surface area contributed by atoms with Crippen molar-refractivity contribution in [3.05, 3.63) is 12.2 Å². The second kappa shape index (κ2) is 9.82. The van der Waals surface area contributed by atoms with Crippen LogP contribution in [0.5, 0.6) is 0 Å². The van der Waals surface area contributed by atoms with Crippen LogP contribution in [0.15, 0.2) is 12.2 Å². The van der Waals surface area contributed by atoms with Crippen molar-refractivity contribution in [2.24, 2.45) is 0 Å². The van der Waals surface area contributed by atoms with E-state index in [4.69, 9.17) is 5.11 Å². The fourth-order valence-electron chi connectivity index (χ4n) is 1.51. The van der Waals surface area contributed by atoms with Crippen LogP contribution in [0.2, 0.25) is 0 Å². The quantitative estimate of drug-likeness (QED) is 0.558. The molecule has 0 radical (unpaired) electrons. The van der Waals surface area contributed by atoms with Gasteiger partial charge in [0.05, 0.1) is 6.61 Å². The lowest BCUT2D eigenvalue weighted by Gasteiger charge is -2.22. The topological polar surface area (TPSA) is 35.5 Å². The number of nitrogens with zero attached hydrogens (tertiary/aromatic N) is 1. The highest BCUT2D eigenvalue weighted by atomic mass is 16.3. The van der Waals surface area contributed by atoms with Crippen LogP contribution in [0.25, 0.3) is 0 Å². The maximum atomic E-state index is 8.98. The molecule has 0 atom stereocenters. The third-order valence-corrected chi connectivity index (χ3v) is 2.45. The Morgan fingerprint density at radius 3 is 2.56 bits per heavy atom. The van der Waals surface area contributed by atoms with Crippen molar-refractivity contribution in [2.45, 2.75) is 39.7 Å². The summed E-state index contributed by atoms with van der Waals surface area (Å²) >= 11 is 0. The Morgan fingerprint density at radius 2 is 2.06 bits per heavy atom. The molecular formula is C13H28N2O. The predicted octanol–water partition coefficient (Wildman–Crippen LogP) is 1.63. The van der Waals surface area contributed by atoms with E-state index in [1.54, 1.807) is 0 Å². The van der Waals surface area contributed by atoms with Gasteiger partial charge < -0.3 is 10.4 Å². The lowest BCUT2D eigenvalue weighted by atomic mass is 10.2. The van der Waals surface area contributed by atoms with Crippen LogP contribution in [0, 0.1) is 0 Å². The van der Waals surface area contributed by atoms with Gasteiger partial charge in [0.25, 0.3) is 0 Å². The number of nitrogens with one attached hydrogen (secondary N) is 1. The smallest absolute Gasteiger partial charge is 0.0558 e. The van der Waals surface area contributed by atoms with Crippen LogP contribution >= 0.6 is 0 Å². The lowest BCUT2D eigenvalue weighted by molar-refractivity contribution is 0.203. The molecule has 0 aromatic rings. The van der Waals surface area contributed by atoms with Gasteiger partial charge in [-0.05, 0) is 18.5 Å². The Kier molecular flexibility index (Phi) is 9.59. The van der Waals surface area contributed by atoms with Gasteiger partial charge in [0.15, 0.2) is 0 Å². The minimum Gasteiger partial charge on any atom is -0.395 e. The molecule has 0 bridgehead atoms. The fourth-order valence-corrected chi connectivity index (χ4v) is 1.51. The van der Waals surface area contributed by atoms with Gasteiger partial charge in [0.2, 0.25) is 0 Å². The van der Waals surface area contributed by atoms with Crippen LogP contribution in [0.3, 0.4) is 0 Å². The zero-order valence-electron chi connectivity index (χ0n) is 11.1. The Hall–Kier alpha value is -0.380. The van der Waals surface area contributed by atoms with Crippen molar-refractivity contribution in [3.8, 4) is 0 Å².